The van der Waals surface area contributed by atoms with Crippen LogP contribution in [0.3, 0.4) is 0 Å². The van der Waals surface area contributed by atoms with Gasteiger partial charge in [-0.3, -0.25) is 0 Å². The minimum absolute atomic E-state index is 0.942. The van der Waals surface area contributed by atoms with Crippen molar-refractivity contribution in [2.75, 3.05) is 7.05 Å². The summed E-state index contributed by atoms with van der Waals surface area (Å²) < 4.78 is 3.20. The summed E-state index contributed by atoms with van der Waals surface area (Å²) in [5, 5.41) is 0. The number of rotatable bonds is 1. The number of halogens is 2. The first-order chi connectivity index (χ1) is 2.27. The second kappa shape index (κ2) is 4.46. The Morgan fingerprint density at radius 1 is 1.60 bits per heavy atom. The Hall–Kier alpha value is 2.30. The van der Waals surface area contributed by atoms with Gasteiger partial charge in [-0.15, -0.1) is 0 Å². The molecule has 32 valence electrons. The zero-order valence-electron chi connectivity index (χ0n) is 2.70. The van der Waals surface area contributed by atoms with Crippen LogP contribution < -0.4 is 3.26 Å². The molecule has 0 aromatic heterocycles. The molecule has 0 rings (SSSR count). The Kier molecular flexibility index (Phi) is 6.52. The van der Waals surface area contributed by atoms with E-state index in [0.717, 1.165) is 0 Å². The Labute approximate surface area is 58.7 Å². The number of hydrogen-bond donors (Lipinski definition) is 1. The molecule has 0 aliphatic heterocycles. The van der Waals surface area contributed by atoms with Gasteiger partial charge in [-0.1, -0.05) is 0 Å². The zero-order valence-corrected chi connectivity index (χ0v) is 10.5. The molecular weight excluding hydrogens is 489 g/mol. The third-order valence-electron chi connectivity index (χ3n) is 0.169. The molecule has 1 nitrogen and oxygen atoms in total. The molecule has 0 aliphatic rings. The van der Waals surface area contributed by atoms with Gasteiger partial charge < -0.3 is 0 Å². The molecule has 0 radical (unpaired) electrons. The van der Waals surface area contributed by atoms with Crippen molar-refractivity contribution < 1.29 is 0 Å². The van der Waals surface area contributed by atoms with Gasteiger partial charge in [0.05, 0.1) is 0 Å². The zero-order chi connectivity index (χ0) is 4.28. The normalized spacial score (nSPS) is 9.60. The van der Waals surface area contributed by atoms with Crippen LogP contribution in [0.1, 0.15) is 0 Å². The summed E-state index contributed by atoms with van der Waals surface area (Å²) in [6, 6.07) is 0. The van der Waals surface area contributed by atoms with Crippen LogP contribution in [0, 0.1) is 0 Å². The fraction of sp³-hybridized carbons (Fsp3) is 1.00. The first-order valence-electron chi connectivity index (χ1n) is 1.06. The van der Waals surface area contributed by atoms with Crippen LogP contribution >= 0.6 is 36.1 Å². The van der Waals surface area contributed by atoms with E-state index >= 15 is 0 Å². The van der Waals surface area contributed by atoms with Gasteiger partial charge in [0.2, 0.25) is 0 Å². The molecule has 0 aromatic rings. The average molecular weight is 493 g/mol. The summed E-state index contributed by atoms with van der Waals surface area (Å²) in [4.78, 5) is 0. The Morgan fingerprint density at radius 2 is 1.80 bits per heavy atom. The Morgan fingerprint density at radius 3 is 1.80 bits per heavy atom. The van der Waals surface area contributed by atoms with Gasteiger partial charge in [0.15, 0.2) is 0 Å². The van der Waals surface area contributed by atoms with Crippen molar-refractivity contribution in [3.63, 3.8) is 0 Å². The van der Waals surface area contributed by atoms with Gasteiger partial charge in [0.25, 0.3) is 0 Å². The second-order valence-corrected chi connectivity index (χ2v) is 37.1. The monoisotopic (exact) mass is 493 g/mol. The fourth-order valence-electron chi connectivity index (χ4n) is 0. The van der Waals surface area contributed by atoms with Crippen molar-refractivity contribution in [1.82, 2.24) is 3.26 Å². The maximum atomic E-state index is 3.20. The van der Waals surface area contributed by atoms with Gasteiger partial charge in [-0.25, -0.2) is 0 Å². The molecule has 0 amide bonds. The van der Waals surface area contributed by atoms with E-state index in [2.05, 4.69) is 39.3 Å². The molecule has 0 fully saturated rings. The van der Waals surface area contributed by atoms with Crippen LogP contribution in [0.15, 0.2) is 0 Å². The third kappa shape index (κ3) is 6.30. The molecule has 0 bridgehead atoms. The van der Waals surface area contributed by atoms with E-state index in [1.807, 2.05) is 7.05 Å². The standard InChI is InChI=1S/CH4N.Bi.2HI/c1-2;;;/h2H,1H3;;2*1H/q-1;+3;;/p-2. The van der Waals surface area contributed by atoms with Crippen LogP contribution in [0.5, 0.6) is 0 Å². The molecular formula is CH4BiI2N. The van der Waals surface area contributed by atoms with E-state index in [1.54, 1.807) is 0 Å². The van der Waals surface area contributed by atoms with Crippen molar-refractivity contribution in [1.29, 1.82) is 0 Å². The molecule has 4 heteroatoms. The van der Waals surface area contributed by atoms with Crippen molar-refractivity contribution in [3.05, 3.63) is 0 Å². The van der Waals surface area contributed by atoms with Gasteiger partial charge in [-0.2, -0.15) is 0 Å². The molecule has 0 unspecified atom stereocenters. The van der Waals surface area contributed by atoms with Crippen molar-refractivity contribution in [3.8, 4) is 0 Å². The third-order valence-corrected chi connectivity index (χ3v) is 9.95. The van der Waals surface area contributed by atoms with Gasteiger partial charge >= 0.3 is 60.1 Å². The average Bonchev–Trinajstić information content (AvgIpc) is 1.38. The van der Waals surface area contributed by atoms with Crippen LogP contribution in [-0.4, -0.2) is 20.7 Å². The summed E-state index contributed by atoms with van der Waals surface area (Å²) in [6.07, 6.45) is 0. The molecule has 0 saturated carbocycles. The van der Waals surface area contributed by atoms with E-state index in [-0.39, 0.29) is 0 Å². The SMILES string of the molecule is C[NH][Bi]([I])[I]. The van der Waals surface area contributed by atoms with E-state index < -0.39 is 13.7 Å². The fourth-order valence-corrected chi connectivity index (χ4v) is 0. The summed E-state index contributed by atoms with van der Waals surface area (Å²) in [7, 11) is 2.02. The number of hydrogen-bond acceptors (Lipinski definition) is 1. The van der Waals surface area contributed by atoms with Crippen molar-refractivity contribution in [2.45, 2.75) is 0 Å². The molecule has 0 aromatic carbocycles. The van der Waals surface area contributed by atoms with E-state index in [0.29, 0.717) is 0 Å². The topological polar surface area (TPSA) is 12.0 Å². The first kappa shape index (κ1) is 7.30. The summed E-state index contributed by atoms with van der Waals surface area (Å²) in [5.74, 6) is 0. The number of nitrogens with one attached hydrogen (secondary N) is 1. The van der Waals surface area contributed by atoms with E-state index in [9.17, 15) is 0 Å². The molecule has 1 N–H and O–H groups in total. The predicted octanol–water partition coefficient (Wildman–Crippen LogP) is 1.06. The maximum absolute atomic E-state index is 3.20. The molecule has 0 saturated heterocycles. The quantitative estimate of drug-likeness (QED) is 0.426. The van der Waals surface area contributed by atoms with Crippen LogP contribution in [-0.2, 0) is 0 Å². The van der Waals surface area contributed by atoms with Gasteiger partial charge in [0.1, 0.15) is 0 Å². The molecule has 0 heterocycles. The minimum atomic E-state index is -0.942. The predicted molar refractivity (Wildman–Crippen MR) is 42.9 cm³/mol. The Bertz CT molecular complexity index is 23.6. The van der Waals surface area contributed by atoms with Crippen LogP contribution in [0.25, 0.3) is 0 Å². The van der Waals surface area contributed by atoms with Crippen molar-refractivity contribution >= 4 is 49.7 Å². The molecule has 0 aliphatic carbocycles. The van der Waals surface area contributed by atoms with Crippen molar-refractivity contribution in [2.24, 2.45) is 0 Å². The molecule has 0 atom stereocenters. The van der Waals surface area contributed by atoms with Crippen LogP contribution in [0.4, 0.5) is 0 Å². The van der Waals surface area contributed by atoms with Crippen LogP contribution in [0.2, 0.25) is 0 Å². The summed E-state index contributed by atoms with van der Waals surface area (Å²) in [5.41, 5.74) is 0. The van der Waals surface area contributed by atoms with E-state index in [4.69, 9.17) is 0 Å². The summed E-state index contributed by atoms with van der Waals surface area (Å²) >= 11 is 4.03. The molecule has 5 heavy (non-hydrogen) atoms. The summed E-state index contributed by atoms with van der Waals surface area (Å²) in [6.45, 7) is 0. The Balaban J connectivity index is 2.54. The van der Waals surface area contributed by atoms with Gasteiger partial charge in [-0.05, 0) is 0 Å². The molecule has 0 spiro atoms. The second-order valence-electron chi connectivity index (χ2n) is 0.457. The first-order valence-corrected chi connectivity index (χ1v) is 22.4. The van der Waals surface area contributed by atoms with Gasteiger partial charge in [0, 0.05) is 0 Å². The van der Waals surface area contributed by atoms with E-state index in [1.165, 1.54) is 0 Å².